The van der Waals surface area contributed by atoms with Crippen LogP contribution in [0, 0.1) is 5.41 Å². The van der Waals surface area contributed by atoms with Crippen LogP contribution in [-0.2, 0) is 19.0 Å². The lowest BCUT2D eigenvalue weighted by atomic mass is 9.74. The van der Waals surface area contributed by atoms with Gasteiger partial charge in [-0.05, 0) is 48.0 Å². The Morgan fingerprint density at radius 3 is 1.56 bits per heavy atom. The molecule has 15 heteroatoms. The lowest BCUT2D eigenvalue weighted by molar-refractivity contribution is -0.385. The quantitative estimate of drug-likeness (QED) is 0.236. The molecule has 212 valence electrons. The van der Waals surface area contributed by atoms with E-state index in [1.807, 2.05) is 0 Å². The van der Waals surface area contributed by atoms with Gasteiger partial charge in [0.15, 0.2) is 5.60 Å². The Morgan fingerprint density at radius 2 is 1.22 bits per heavy atom. The Bertz CT molecular complexity index is 828. The normalized spacial score (nSPS) is 23.8. The molecule has 0 spiro atoms. The summed E-state index contributed by atoms with van der Waals surface area (Å²) in [6.07, 6.45) is -19.1. The van der Waals surface area contributed by atoms with Gasteiger partial charge in [0.05, 0.1) is 29.8 Å². The SMILES string of the molecule is C=C(C)C(=O)OC1CC1(C(C)(C)OCC(C)(O)C(F)(F)F)C(C)(C)OCC(O)(C(F)(F)F)C(F)(F)F. The van der Waals surface area contributed by atoms with Crippen molar-refractivity contribution in [2.75, 3.05) is 13.2 Å². The number of carbonyl (C=O) groups is 1. The number of hydrogen-bond donors (Lipinski definition) is 2. The van der Waals surface area contributed by atoms with Gasteiger partial charge in [-0.15, -0.1) is 0 Å². The molecule has 1 aliphatic carbocycles. The molecular weight excluding hydrogens is 519 g/mol. The number of hydrogen-bond acceptors (Lipinski definition) is 6. The van der Waals surface area contributed by atoms with Gasteiger partial charge in [0.2, 0.25) is 0 Å². The van der Waals surface area contributed by atoms with Gasteiger partial charge in [-0.1, -0.05) is 6.58 Å². The molecule has 1 rings (SSSR count). The molecule has 0 aromatic carbocycles. The largest absolute Gasteiger partial charge is 0.458 e. The molecule has 0 aromatic heterocycles. The lowest BCUT2D eigenvalue weighted by Gasteiger charge is -2.47. The van der Waals surface area contributed by atoms with E-state index >= 15 is 0 Å². The zero-order valence-electron chi connectivity index (χ0n) is 20.3. The molecule has 0 aliphatic heterocycles. The number of carbonyl (C=O) groups excluding carboxylic acids is 1. The second kappa shape index (κ2) is 9.31. The molecule has 0 radical (unpaired) electrons. The molecule has 1 fully saturated rings. The van der Waals surface area contributed by atoms with Crippen LogP contribution < -0.4 is 0 Å². The molecule has 0 aromatic rings. The summed E-state index contributed by atoms with van der Waals surface area (Å²) in [7, 11) is 0. The van der Waals surface area contributed by atoms with Gasteiger partial charge in [0, 0.05) is 5.57 Å². The first-order chi connectivity index (χ1) is 15.6. The van der Waals surface area contributed by atoms with Crippen LogP contribution in [0.2, 0.25) is 0 Å². The Labute approximate surface area is 201 Å². The van der Waals surface area contributed by atoms with E-state index in [4.69, 9.17) is 14.2 Å². The van der Waals surface area contributed by atoms with Crippen molar-refractivity contribution in [2.24, 2.45) is 5.41 Å². The molecule has 0 heterocycles. The highest BCUT2D eigenvalue weighted by atomic mass is 19.4. The van der Waals surface area contributed by atoms with Gasteiger partial charge >= 0.3 is 24.5 Å². The highest BCUT2D eigenvalue weighted by molar-refractivity contribution is 5.87. The zero-order chi connectivity index (χ0) is 29.0. The number of rotatable bonds is 10. The third-order valence-corrected chi connectivity index (χ3v) is 6.55. The first-order valence-corrected chi connectivity index (χ1v) is 10.4. The highest BCUT2D eigenvalue weighted by Crippen LogP contribution is 2.65. The smallest absolute Gasteiger partial charge is 0.428 e. The van der Waals surface area contributed by atoms with Crippen molar-refractivity contribution in [1.29, 1.82) is 0 Å². The minimum absolute atomic E-state index is 0.114. The number of alkyl halides is 9. The van der Waals surface area contributed by atoms with E-state index in [1.54, 1.807) is 0 Å². The van der Waals surface area contributed by atoms with E-state index in [0.717, 1.165) is 27.7 Å². The number of halogens is 9. The predicted molar refractivity (Wildman–Crippen MR) is 106 cm³/mol. The second-order valence-corrected chi connectivity index (χ2v) is 10.1. The zero-order valence-corrected chi connectivity index (χ0v) is 20.3. The molecule has 36 heavy (non-hydrogen) atoms. The standard InChI is InChI=1S/C21H29F9O6/c1-11(2)13(31)36-12-8-17(12,14(3,4)34-9-16(7,32)19(22,23)24)15(5,6)35-10-18(33,20(25,26)27)21(28,29)30/h12,32-33H,1,8-10H2,2-7H3. The van der Waals surface area contributed by atoms with Gasteiger partial charge < -0.3 is 24.4 Å². The van der Waals surface area contributed by atoms with Crippen molar-refractivity contribution < 1.29 is 68.7 Å². The summed E-state index contributed by atoms with van der Waals surface area (Å²) in [4.78, 5) is 12.0. The first kappa shape index (κ1) is 32.4. The van der Waals surface area contributed by atoms with Crippen LogP contribution in [0.25, 0.3) is 0 Å². The number of aliphatic hydroxyl groups is 2. The second-order valence-electron chi connectivity index (χ2n) is 10.1. The van der Waals surface area contributed by atoms with E-state index in [9.17, 15) is 54.5 Å². The van der Waals surface area contributed by atoms with Crippen molar-refractivity contribution in [2.45, 2.75) is 95.0 Å². The Hall–Kier alpha value is -1.58. The van der Waals surface area contributed by atoms with Gasteiger partial charge in [0.25, 0.3) is 5.60 Å². The van der Waals surface area contributed by atoms with Crippen LogP contribution in [-0.4, -0.2) is 76.4 Å². The first-order valence-electron chi connectivity index (χ1n) is 10.4. The van der Waals surface area contributed by atoms with E-state index in [1.165, 1.54) is 6.92 Å². The third kappa shape index (κ3) is 5.78. The van der Waals surface area contributed by atoms with Crippen LogP contribution in [0.5, 0.6) is 0 Å². The monoisotopic (exact) mass is 548 g/mol. The maximum atomic E-state index is 13.1. The highest BCUT2D eigenvalue weighted by Gasteiger charge is 2.76. The van der Waals surface area contributed by atoms with E-state index in [-0.39, 0.29) is 12.0 Å². The fourth-order valence-electron chi connectivity index (χ4n) is 3.87. The van der Waals surface area contributed by atoms with Crippen LogP contribution in [0.4, 0.5) is 39.5 Å². The van der Waals surface area contributed by atoms with Gasteiger partial charge in [-0.3, -0.25) is 0 Å². The van der Waals surface area contributed by atoms with E-state index < -0.39 is 71.6 Å². The fourth-order valence-corrected chi connectivity index (χ4v) is 3.87. The van der Waals surface area contributed by atoms with Gasteiger partial charge in [0.1, 0.15) is 6.10 Å². The Balaban J connectivity index is 3.41. The molecule has 3 unspecified atom stereocenters. The summed E-state index contributed by atoms with van der Waals surface area (Å²) in [6.45, 7) is 5.63. The minimum Gasteiger partial charge on any atom is -0.458 e. The molecular formula is C21H29F9O6. The van der Waals surface area contributed by atoms with E-state index in [2.05, 4.69) is 6.58 Å². The molecule has 3 atom stereocenters. The Morgan fingerprint density at radius 1 is 0.833 bits per heavy atom. The van der Waals surface area contributed by atoms with Crippen molar-refractivity contribution in [3.05, 3.63) is 12.2 Å². The van der Waals surface area contributed by atoms with Crippen LogP contribution in [0.3, 0.4) is 0 Å². The van der Waals surface area contributed by atoms with Crippen molar-refractivity contribution in [1.82, 2.24) is 0 Å². The topological polar surface area (TPSA) is 85.2 Å². The molecule has 0 saturated heterocycles. The van der Waals surface area contributed by atoms with Crippen LogP contribution in [0.1, 0.15) is 48.0 Å². The molecule has 2 N–H and O–H groups in total. The molecule has 0 amide bonds. The lowest BCUT2D eigenvalue weighted by Crippen LogP contribution is -2.62. The van der Waals surface area contributed by atoms with Crippen molar-refractivity contribution in [3.8, 4) is 0 Å². The Kier molecular flexibility index (Phi) is 8.39. The fraction of sp³-hybridized carbons (Fsp3) is 0.857. The average molecular weight is 548 g/mol. The molecule has 1 aliphatic rings. The summed E-state index contributed by atoms with van der Waals surface area (Å²) in [6, 6.07) is 0. The predicted octanol–water partition coefficient (Wildman–Crippen LogP) is 4.62. The minimum atomic E-state index is -6.19. The van der Waals surface area contributed by atoms with Gasteiger partial charge in [-0.25, -0.2) is 4.79 Å². The average Bonchev–Trinajstić information content (AvgIpc) is 3.38. The third-order valence-electron chi connectivity index (χ3n) is 6.55. The molecule has 1 saturated carbocycles. The summed E-state index contributed by atoms with van der Waals surface area (Å²) in [5, 5.41) is 19.2. The maximum absolute atomic E-state index is 13.1. The maximum Gasteiger partial charge on any atom is 0.428 e. The molecule has 6 nitrogen and oxygen atoms in total. The van der Waals surface area contributed by atoms with Crippen molar-refractivity contribution in [3.63, 3.8) is 0 Å². The van der Waals surface area contributed by atoms with Crippen molar-refractivity contribution >= 4 is 5.97 Å². The summed E-state index contributed by atoms with van der Waals surface area (Å²) < 4.78 is 134. The van der Waals surface area contributed by atoms with Crippen LogP contribution >= 0.6 is 0 Å². The van der Waals surface area contributed by atoms with Gasteiger partial charge in [-0.2, -0.15) is 39.5 Å². The molecule has 0 bridgehead atoms. The number of ether oxygens (including phenoxy) is 3. The van der Waals surface area contributed by atoms with E-state index in [0.29, 0.717) is 6.92 Å². The summed E-state index contributed by atoms with van der Waals surface area (Å²) >= 11 is 0. The summed E-state index contributed by atoms with van der Waals surface area (Å²) in [5.74, 6) is -0.988. The summed E-state index contributed by atoms with van der Waals surface area (Å²) in [5.41, 5.74) is -14.6. The van der Waals surface area contributed by atoms with Crippen LogP contribution in [0.15, 0.2) is 12.2 Å². The number of esters is 1.